The van der Waals surface area contributed by atoms with Gasteiger partial charge in [0.1, 0.15) is 12.3 Å². The molecule has 3 aromatic carbocycles. The van der Waals surface area contributed by atoms with Crippen LogP contribution in [0.2, 0.25) is 5.02 Å². The summed E-state index contributed by atoms with van der Waals surface area (Å²) in [7, 11) is -3.97. The average molecular weight is 519 g/mol. The second-order valence-corrected chi connectivity index (χ2v) is 10.9. The van der Waals surface area contributed by atoms with Crippen molar-refractivity contribution >= 4 is 45.0 Å². The molecule has 6 nitrogen and oxygen atoms in total. The number of halogens is 1. The van der Waals surface area contributed by atoms with Crippen LogP contribution in [0.15, 0.2) is 82.6 Å². The van der Waals surface area contributed by atoms with Crippen LogP contribution in [0.3, 0.4) is 0 Å². The Morgan fingerprint density at radius 3 is 2.26 bits per heavy atom. The monoisotopic (exact) mass is 518 g/mol. The highest BCUT2D eigenvalue weighted by atomic mass is 35.5. The van der Waals surface area contributed by atoms with Crippen molar-refractivity contribution in [3.63, 3.8) is 0 Å². The number of rotatable bonds is 11. The van der Waals surface area contributed by atoms with Gasteiger partial charge in [-0.15, -0.1) is 11.8 Å². The fourth-order valence-electron chi connectivity index (χ4n) is 3.10. The van der Waals surface area contributed by atoms with Gasteiger partial charge in [0.2, 0.25) is 5.91 Å². The normalized spacial score (nSPS) is 11.1. The van der Waals surface area contributed by atoms with Crippen molar-refractivity contribution in [2.24, 2.45) is 0 Å². The van der Waals surface area contributed by atoms with Crippen molar-refractivity contribution < 1.29 is 17.9 Å². The summed E-state index contributed by atoms with van der Waals surface area (Å²) in [5.41, 5.74) is 1.41. The van der Waals surface area contributed by atoms with Gasteiger partial charge in [-0.3, -0.25) is 9.10 Å². The molecule has 0 atom stereocenters. The zero-order valence-electron chi connectivity index (χ0n) is 19.0. The van der Waals surface area contributed by atoms with E-state index < -0.39 is 10.0 Å². The van der Waals surface area contributed by atoms with Crippen LogP contribution in [0.25, 0.3) is 0 Å². The molecule has 0 aromatic heterocycles. The fourth-order valence-corrected chi connectivity index (χ4v) is 5.42. The molecule has 0 saturated heterocycles. The first kappa shape index (κ1) is 25.9. The zero-order valence-corrected chi connectivity index (χ0v) is 21.4. The van der Waals surface area contributed by atoms with Crippen molar-refractivity contribution in [3.05, 3.63) is 83.4 Å². The minimum Gasteiger partial charge on any atom is -0.494 e. The molecule has 0 aliphatic heterocycles. The van der Waals surface area contributed by atoms with E-state index >= 15 is 0 Å². The Hall–Kier alpha value is -2.68. The van der Waals surface area contributed by atoms with Gasteiger partial charge in [0.25, 0.3) is 10.0 Å². The molecule has 0 aliphatic rings. The van der Waals surface area contributed by atoms with Gasteiger partial charge in [0, 0.05) is 22.2 Å². The lowest BCUT2D eigenvalue weighted by Gasteiger charge is -2.24. The predicted molar refractivity (Wildman–Crippen MR) is 139 cm³/mol. The summed E-state index contributed by atoms with van der Waals surface area (Å²) >= 11 is 7.48. The molecule has 3 aromatic rings. The minimum atomic E-state index is -3.97. The van der Waals surface area contributed by atoms with Gasteiger partial charge in [-0.05, 0) is 74.5 Å². The van der Waals surface area contributed by atoms with E-state index in [9.17, 15) is 13.2 Å². The second kappa shape index (κ2) is 12.1. The van der Waals surface area contributed by atoms with Crippen LogP contribution >= 0.6 is 23.4 Å². The summed E-state index contributed by atoms with van der Waals surface area (Å²) in [6.07, 6.45) is 0. The molecule has 9 heteroatoms. The Kier molecular flexibility index (Phi) is 9.27. The van der Waals surface area contributed by atoms with Crippen LogP contribution in [0, 0.1) is 6.92 Å². The molecule has 180 valence electrons. The van der Waals surface area contributed by atoms with E-state index in [-0.39, 0.29) is 17.3 Å². The second-order valence-electron chi connectivity index (χ2n) is 7.40. The number of aryl methyl sites for hydroxylation is 1. The Balaban J connectivity index is 1.70. The summed E-state index contributed by atoms with van der Waals surface area (Å²) < 4.78 is 33.4. The van der Waals surface area contributed by atoms with E-state index in [1.165, 1.54) is 12.1 Å². The fraction of sp³-hybridized carbons (Fsp3) is 0.240. The molecule has 0 fully saturated rings. The largest absolute Gasteiger partial charge is 0.494 e. The van der Waals surface area contributed by atoms with Gasteiger partial charge in [-0.1, -0.05) is 29.3 Å². The van der Waals surface area contributed by atoms with E-state index in [4.69, 9.17) is 16.3 Å². The van der Waals surface area contributed by atoms with E-state index in [1.807, 2.05) is 50.2 Å². The number of carbonyl (C=O) groups excluding carboxylic acids is 1. The SMILES string of the molecule is CCOc1ccc(S(=O)(=O)N(CC(=O)NCCSc2ccc(Cl)cc2)c2ccc(C)cc2)cc1. The molecule has 34 heavy (non-hydrogen) atoms. The number of ether oxygens (including phenoxy) is 1. The molecule has 0 spiro atoms. The molecule has 0 heterocycles. The number of thioether (sulfide) groups is 1. The third kappa shape index (κ3) is 7.16. The summed E-state index contributed by atoms with van der Waals surface area (Å²) in [4.78, 5) is 13.8. The van der Waals surface area contributed by atoms with E-state index in [0.29, 0.717) is 35.4 Å². The molecule has 0 radical (unpaired) electrons. The maximum absolute atomic E-state index is 13.5. The lowest BCUT2D eigenvalue weighted by molar-refractivity contribution is -0.119. The number of sulfonamides is 1. The number of anilines is 1. The third-order valence-electron chi connectivity index (χ3n) is 4.84. The van der Waals surface area contributed by atoms with Gasteiger partial charge in [-0.2, -0.15) is 0 Å². The quantitative estimate of drug-likeness (QED) is 0.280. The molecule has 0 aliphatic carbocycles. The van der Waals surface area contributed by atoms with Gasteiger partial charge >= 0.3 is 0 Å². The van der Waals surface area contributed by atoms with Crippen LogP contribution in [0.5, 0.6) is 5.75 Å². The number of nitrogens with one attached hydrogen (secondary N) is 1. The maximum atomic E-state index is 13.5. The third-order valence-corrected chi connectivity index (χ3v) is 7.89. The highest BCUT2D eigenvalue weighted by Gasteiger charge is 2.27. The molecule has 3 rings (SSSR count). The van der Waals surface area contributed by atoms with Gasteiger partial charge in [0.05, 0.1) is 17.2 Å². The van der Waals surface area contributed by atoms with Crippen molar-refractivity contribution in [1.29, 1.82) is 0 Å². The smallest absolute Gasteiger partial charge is 0.264 e. The Morgan fingerprint density at radius 1 is 1.00 bits per heavy atom. The molecule has 0 bridgehead atoms. The number of benzene rings is 3. The number of hydrogen-bond acceptors (Lipinski definition) is 5. The van der Waals surface area contributed by atoms with Crippen LogP contribution in [-0.2, 0) is 14.8 Å². The molecular formula is C25H27ClN2O4S2. The predicted octanol–water partition coefficient (Wildman–Crippen LogP) is 5.15. The number of carbonyl (C=O) groups is 1. The first-order valence-electron chi connectivity index (χ1n) is 10.8. The van der Waals surface area contributed by atoms with Gasteiger partial charge in [0.15, 0.2) is 0 Å². The standard InChI is InChI=1S/C25H27ClN2O4S2/c1-3-32-22-10-14-24(15-11-22)34(30,31)28(21-8-4-19(2)5-9-21)18-25(29)27-16-17-33-23-12-6-20(26)7-13-23/h4-15H,3,16-18H2,1-2H3,(H,27,29). The van der Waals surface area contributed by atoms with E-state index in [1.54, 1.807) is 36.0 Å². The first-order chi connectivity index (χ1) is 16.3. The van der Waals surface area contributed by atoms with Crippen molar-refractivity contribution in [3.8, 4) is 5.75 Å². The van der Waals surface area contributed by atoms with E-state index in [0.717, 1.165) is 14.8 Å². The summed E-state index contributed by atoms with van der Waals surface area (Å²) in [6, 6.07) is 20.7. The maximum Gasteiger partial charge on any atom is 0.264 e. The highest BCUT2D eigenvalue weighted by Crippen LogP contribution is 2.25. The summed E-state index contributed by atoms with van der Waals surface area (Å²) in [6.45, 7) is 4.33. The van der Waals surface area contributed by atoms with Crippen LogP contribution in [0.1, 0.15) is 12.5 Å². The minimum absolute atomic E-state index is 0.0858. The number of amides is 1. The van der Waals surface area contributed by atoms with Crippen molar-refractivity contribution in [1.82, 2.24) is 5.32 Å². The summed E-state index contributed by atoms with van der Waals surface area (Å²) in [5, 5.41) is 3.48. The molecule has 0 unspecified atom stereocenters. The molecule has 1 N–H and O–H groups in total. The highest BCUT2D eigenvalue weighted by molar-refractivity contribution is 7.99. The average Bonchev–Trinajstić information content (AvgIpc) is 2.83. The molecular weight excluding hydrogens is 492 g/mol. The lowest BCUT2D eigenvalue weighted by Crippen LogP contribution is -2.41. The first-order valence-corrected chi connectivity index (χ1v) is 13.6. The molecule has 0 saturated carbocycles. The zero-order chi connectivity index (χ0) is 24.6. The number of hydrogen-bond donors (Lipinski definition) is 1. The van der Waals surface area contributed by atoms with Gasteiger partial charge < -0.3 is 10.1 Å². The number of nitrogens with zero attached hydrogens (tertiary/aromatic N) is 1. The Bertz CT molecular complexity index is 1180. The Labute approximate surface area is 210 Å². The van der Waals surface area contributed by atoms with Crippen LogP contribution in [-0.4, -0.2) is 39.8 Å². The van der Waals surface area contributed by atoms with Gasteiger partial charge in [-0.25, -0.2) is 8.42 Å². The summed E-state index contributed by atoms with van der Waals surface area (Å²) in [5.74, 6) is 0.842. The van der Waals surface area contributed by atoms with Crippen LogP contribution in [0.4, 0.5) is 5.69 Å². The topological polar surface area (TPSA) is 75.7 Å². The van der Waals surface area contributed by atoms with Crippen molar-refractivity contribution in [2.45, 2.75) is 23.6 Å². The lowest BCUT2D eigenvalue weighted by atomic mass is 10.2. The van der Waals surface area contributed by atoms with E-state index in [2.05, 4.69) is 5.32 Å². The van der Waals surface area contributed by atoms with Crippen LogP contribution < -0.4 is 14.4 Å². The molecule has 1 amide bonds. The Morgan fingerprint density at radius 2 is 1.65 bits per heavy atom. The van der Waals surface area contributed by atoms with Crippen molar-refractivity contribution in [2.75, 3.05) is 29.8 Å².